The van der Waals surface area contributed by atoms with Crippen molar-refractivity contribution in [1.29, 1.82) is 0 Å². The minimum absolute atomic E-state index is 0. The predicted molar refractivity (Wildman–Crippen MR) is 86.2 cm³/mol. The van der Waals surface area contributed by atoms with Crippen molar-refractivity contribution in [1.82, 2.24) is 16.0 Å². The predicted octanol–water partition coefficient (Wildman–Crippen LogP) is -0.431. The Labute approximate surface area is 131 Å². The zero-order chi connectivity index (χ0) is 13.6. The number of nitrogens with one attached hydrogen (secondary N) is 3. The van der Waals surface area contributed by atoms with Crippen LogP contribution in [0, 0.1) is 0 Å². The molecular formula is C11H25IN4O3. The Morgan fingerprint density at radius 3 is 2.16 bits per heavy atom. The summed E-state index contributed by atoms with van der Waals surface area (Å²) in [6, 6.07) is 0. The Balaban J connectivity index is 0. The molecule has 0 rings (SSSR count). The molecule has 0 bridgehead atoms. The second-order valence-electron chi connectivity index (χ2n) is 3.46. The number of rotatable bonds is 9. The van der Waals surface area contributed by atoms with Gasteiger partial charge in [0.05, 0.1) is 13.2 Å². The van der Waals surface area contributed by atoms with Crippen LogP contribution < -0.4 is 16.0 Å². The maximum absolute atomic E-state index is 11.4. The summed E-state index contributed by atoms with van der Waals surface area (Å²) in [5.74, 6) is 0.479. The lowest BCUT2D eigenvalue weighted by Gasteiger charge is -2.10. The molecule has 0 heterocycles. The Morgan fingerprint density at radius 1 is 1.05 bits per heavy atom. The van der Waals surface area contributed by atoms with Crippen LogP contribution in [0.4, 0.5) is 0 Å². The molecule has 0 aliphatic rings. The number of halogens is 1. The minimum Gasteiger partial charge on any atom is -0.383 e. The highest BCUT2D eigenvalue weighted by Gasteiger charge is 2.01. The highest BCUT2D eigenvalue weighted by Crippen LogP contribution is 1.76. The first kappa shape index (κ1) is 20.7. The Kier molecular flexibility index (Phi) is 16.8. The number of guanidine groups is 1. The lowest BCUT2D eigenvalue weighted by Crippen LogP contribution is -2.40. The largest absolute Gasteiger partial charge is 0.383 e. The second kappa shape index (κ2) is 15.4. The van der Waals surface area contributed by atoms with Gasteiger partial charge in [0.1, 0.15) is 6.54 Å². The Bertz CT molecular complexity index is 252. The number of amides is 1. The van der Waals surface area contributed by atoms with E-state index in [1.807, 2.05) is 6.92 Å². The number of carbonyl (C=O) groups excluding carboxylic acids is 1. The second-order valence-corrected chi connectivity index (χ2v) is 3.46. The normalized spacial score (nSPS) is 10.6. The van der Waals surface area contributed by atoms with Gasteiger partial charge in [-0.25, -0.2) is 4.99 Å². The van der Waals surface area contributed by atoms with E-state index in [-0.39, 0.29) is 36.4 Å². The molecule has 0 radical (unpaired) electrons. The Morgan fingerprint density at radius 2 is 1.63 bits per heavy atom. The number of hydrogen-bond donors (Lipinski definition) is 3. The van der Waals surface area contributed by atoms with Gasteiger partial charge in [-0.2, -0.15) is 0 Å². The Hall–Kier alpha value is -0.610. The summed E-state index contributed by atoms with van der Waals surface area (Å²) < 4.78 is 9.76. The molecule has 114 valence electrons. The average Bonchev–Trinajstić information content (AvgIpc) is 2.36. The molecule has 0 aliphatic carbocycles. The molecule has 0 fully saturated rings. The van der Waals surface area contributed by atoms with E-state index in [2.05, 4.69) is 20.9 Å². The summed E-state index contributed by atoms with van der Waals surface area (Å²) in [7, 11) is 3.22. The third-order valence-electron chi connectivity index (χ3n) is 1.95. The molecule has 0 saturated carbocycles. The molecule has 0 aromatic rings. The van der Waals surface area contributed by atoms with E-state index >= 15 is 0 Å². The fourth-order valence-corrected chi connectivity index (χ4v) is 1.11. The van der Waals surface area contributed by atoms with Crippen molar-refractivity contribution in [3.8, 4) is 0 Å². The van der Waals surface area contributed by atoms with Gasteiger partial charge in [-0.05, 0) is 6.92 Å². The van der Waals surface area contributed by atoms with Gasteiger partial charge in [-0.15, -0.1) is 24.0 Å². The van der Waals surface area contributed by atoms with Gasteiger partial charge in [0, 0.05) is 33.9 Å². The van der Waals surface area contributed by atoms with Crippen molar-refractivity contribution in [2.45, 2.75) is 6.92 Å². The van der Waals surface area contributed by atoms with Crippen LogP contribution in [-0.4, -0.2) is 65.5 Å². The van der Waals surface area contributed by atoms with Gasteiger partial charge in [0.25, 0.3) is 0 Å². The van der Waals surface area contributed by atoms with E-state index in [1.54, 1.807) is 14.2 Å². The molecule has 0 spiro atoms. The van der Waals surface area contributed by atoms with E-state index in [9.17, 15) is 4.79 Å². The highest BCUT2D eigenvalue weighted by molar-refractivity contribution is 14.0. The van der Waals surface area contributed by atoms with E-state index in [0.29, 0.717) is 32.3 Å². The van der Waals surface area contributed by atoms with E-state index in [0.717, 1.165) is 6.54 Å². The number of nitrogens with zero attached hydrogens (tertiary/aromatic N) is 1. The smallest absolute Gasteiger partial charge is 0.241 e. The third kappa shape index (κ3) is 13.6. The highest BCUT2D eigenvalue weighted by atomic mass is 127. The number of carbonyl (C=O) groups is 1. The lowest BCUT2D eigenvalue weighted by atomic mass is 10.5. The number of methoxy groups -OCH3 is 2. The first-order chi connectivity index (χ1) is 8.74. The zero-order valence-electron chi connectivity index (χ0n) is 11.8. The summed E-state index contributed by atoms with van der Waals surface area (Å²) >= 11 is 0. The van der Waals surface area contributed by atoms with Crippen LogP contribution in [0.2, 0.25) is 0 Å². The van der Waals surface area contributed by atoms with Crippen LogP contribution >= 0.6 is 24.0 Å². The van der Waals surface area contributed by atoms with Crippen LogP contribution in [0.25, 0.3) is 0 Å². The van der Waals surface area contributed by atoms with Crippen LogP contribution in [0.15, 0.2) is 4.99 Å². The van der Waals surface area contributed by atoms with E-state index in [1.165, 1.54) is 0 Å². The lowest BCUT2D eigenvalue weighted by molar-refractivity contribution is -0.119. The van der Waals surface area contributed by atoms with Crippen LogP contribution in [0.1, 0.15) is 6.92 Å². The molecule has 8 heteroatoms. The number of aliphatic imine (C=N–C) groups is 1. The van der Waals surface area contributed by atoms with Crippen LogP contribution in [-0.2, 0) is 14.3 Å². The summed E-state index contributed by atoms with van der Waals surface area (Å²) in [5.41, 5.74) is 0. The molecule has 3 N–H and O–H groups in total. The molecule has 1 amide bonds. The molecular weight excluding hydrogens is 363 g/mol. The molecule has 7 nitrogen and oxygen atoms in total. The van der Waals surface area contributed by atoms with E-state index < -0.39 is 0 Å². The van der Waals surface area contributed by atoms with Gasteiger partial charge in [-0.1, -0.05) is 0 Å². The van der Waals surface area contributed by atoms with Crippen LogP contribution in [0.5, 0.6) is 0 Å². The molecule has 0 aromatic carbocycles. The first-order valence-electron chi connectivity index (χ1n) is 6.01. The van der Waals surface area contributed by atoms with Gasteiger partial charge in [0.2, 0.25) is 5.91 Å². The fraction of sp³-hybridized carbons (Fsp3) is 0.818. The van der Waals surface area contributed by atoms with Crippen molar-refractivity contribution in [3.63, 3.8) is 0 Å². The third-order valence-corrected chi connectivity index (χ3v) is 1.95. The van der Waals surface area contributed by atoms with E-state index in [4.69, 9.17) is 9.47 Å². The number of ether oxygens (including phenoxy) is 2. The van der Waals surface area contributed by atoms with Crippen LogP contribution in [0.3, 0.4) is 0 Å². The summed E-state index contributed by atoms with van der Waals surface area (Å²) in [5, 5.41) is 8.79. The summed E-state index contributed by atoms with van der Waals surface area (Å²) in [6.45, 7) is 5.03. The molecule has 0 saturated heterocycles. The minimum atomic E-state index is -0.129. The monoisotopic (exact) mass is 388 g/mol. The van der Waals surface area contributed by atoms with Gasteiger partial charge in [-0.3, -0.25) is 4.79 Å². The van der Waals surface area contributed by atoms with Crippen molar-refractivity contribution >= 4 is 35.8 Å². The topological polar surface area (TPSA) is 84.0 Å². The quantitative estimate of drug-likeness (QED) is 0.216. The van der Waals surface area contributed by atoms with Crippen molar-refractivity contribution in [2.24, 2.45) is 4.99 Å². The van der Waals surface area contributed by atoms with Crippen molar-refractivity contribution in [3.05, 3.63) is 0 Å². The molecule has 0 aromatic heterocycles. The van der Waals surface area contributed by atoms with Crippen molar-refractivity contribution < 1.29 is 14.3 Å². The SMILES string of the molecule is CCNC(=NCC(=O)NCCOC)NCCOC.I. The summed E-state index contributed by atoms with van der Waals surface area (Å²) in [4.78, 5) is 15.6. The number of hydrogen-bond acceptors (Lipinski definition) is 4. The van der Waals surface area contributed by atoms with Gasteiger partial charge >= 0.3 is 0 Å². The maximum Gasteiger partial charge on any atom is 0.241 e. The first-order valence-corrected chi connectivity index (χ1v) is 6.01. The van der Waals surface area contributed by atoms with Gasteiger partial charge in [0.15, 0.2) is 5.96 Å². The maximum atomic E-state index is 11.4. The standard InChI is InChI=1S/C11H24N4O3.HI/c1-4-12-11(14-6-8-18-3)15-9-10(16)13-5-7-17-2;/h4-9H2,1-3H3,(H,13,16)(H2,12,14,15);1H. The molecule has 0 unspecified atom stereocenters. The zero-order valence-corrected chi connectivity index (χ0v) is 14.2. The van der Waals surface area contributed by atoms with Crippen molar-refractivity contribution in [2.75, 3.05) is 53.6 Å². The molecule has 0 aliphatic heterocycles. The van der Waals surface area contributed by atoms with Gasteiger partial charge < -0.3 is 25.4 Å². The summed E-state index contributed by atoms with van der Waals surface area (Å²) in [6.07, 6.45) is 0. The molecule has 19 heavy (non-hydrogen) atoms. The molecule has 0 atom stereocenters. The fourth-order valence-electron chi connectivity index (χ4n) is 1.11. The average molecular weight is 388 g/mol.